The van der Waals surface area contributed by atoms with Gasteiger partial charge in [0, 0.05) is 5.92 Å². The second-order valence-corrected chi connectivity index (χ2v) is 2.98. The third-order valence-corrected chi connectivity index (χ3v) is 2.24. The van der Waals surface area contributed by atoms with Gasteiger partial charge in [-0.05, 0) is 5.92 Å². The molecule has 3 atom stereocenters. The average Bonchev–Trinajstić information content (AvgIpc) is 2.00. The fourth-order valence-electron chi connectivity index (χ4n) is 0.885. The minimum absolute atomic E-state index is 0.126. The summed E-state index contributed by atoms with van der Waals surface area (Å²) in [4.78, 5) is 10.2. The molecule has 0 aromatic carbocycles. The number of alkyl halides is 1. The zero-order valence-corrected chi connectivity index (χ0v) is 7.17. The van der Waals surface area contributed by atoms with Crippen molar-refractivity contribution in [1.82, 2.24) is 0 Å². The van der Waals surface area contributed by atoms with E-state index in [1.54, 1.807) is 6.92 Å². The van der Waals surface area contributed by atoms with E-state index in [-0.39, 0.29) is 5.92 Å². The molecule has 0 heterocycles. The average molecular weight is 162 g/mol. The molecule has 0 radical (unpaired) electrons. The number of hydrogen-bond acceptors (Lipinski definition) is 1. The lowest BCUT2D eigenvalue weighted by atomic mass is 9.90. The van der Waals surface area contributed by atoms with Crippen LogP contribution in [0.3, 0.4) is 0 Å². The van der Waals surface area contributed by atoms with Gasteiger partial charge >= 0.3 is 5.97 Å². The molecule has 3 heteroatoms. The first-order chi connectivity index (χ1) is 5.00. The summed E-state index contributed by atoms with van der Waals surface area (Å²) < 4.78 is 12.8. The molecule has 0 saturated carbocycles. The molecule has 0 aliphatic rings. The monoisotopic (exact) mass is 162 g/mol. The van der Waals surface area contributed by atoms with Crippen LogP contribution in [0.25, 0.3) is 0 Å². The van der Waals surface area contributed by atoms with Crippen molar-refractivity contribution >= 4 is 5.97 Å². The summed E-state index contributed by atoms with van der Waals surface area (Å²) in [5, 5.41) is 8.32. The quantitative estimate of drug-likeness (QED) is 0.687. The van der Waals surface area contributed by atoms with Crippen LogP contribution in [-0.2, 0) is 4.79 Å². The van der Waals surface area contributed by atoms with Crippen LogP contribution in [0.4, 0.5) is 4.39 Å². The van der Waals surface area contributed by atoms with Gasteiger partial charge in [0.1, 0.15) is 0 Å². The normalized spacial score (nSPS) is 18.9. The molecule has 0 aliphatic heterocycles. The second-order valence-electron chi connectivity index (χ2n) is 2.98. The molecule has 11 heavy (non-hydrogen) atoms. The summed E-state index contributed by atoms with van der Waals surface area (Å²) in [5.41, 5.74) is 0. The predicted octanol–water partition coefficient (Wildman–Crippen LogP) is 2.09. The van der Waals surface area contributed by atoms with Crippen LogP contribution in [0.15, 0.2) is 0 Å². The molecule has 1 N–H and O–H groups in total. The van der Waals surface area contributed by atoms with Crippen LogP contribution in [0, 0.1) is 11.8 Å². The second kappa shape index (κ2) is 4.31. The Hall–Kier alpha value is -0.600. The Bertz CT molecular complexity index is 136. The van der Waals surface area contributed by atoms with Crippen molar-refractivity contribution in [3.63, 3.8) is 0 Å². The van der Waals surface area contributed by atoms with Gasteiger partial charge in [0.15, 0.2) is 6.17 Å². The molecular formula is C8H15FO2. The molecule has 66 valence electrons. The first-order valence-electron chi connectivity index (χ1n) is 3.87. The van der Waals surface area contributed by atoms with Gasteiger partial charge in [0.25, 0.3) is 0 Å². The van der Waals surface area contributed by atoms with Crippen molar-refractivity contribution in [1.29, 1.82) is 0 Å². The van der Waals surface area contributed by atoms with Gasteiger partial charge in [-0.15, -0.1) is 0 Å². The Morgan fingerprint density at radius 2 is 2.00 bits per heavy atom. The molecule has 0 spiro atoms. The number of carbonyl (C=O) groups is 1. The molecule has 0 aromatic rings. The van der Waals surface area contributed by atoms with Crippen LogP contribution in [0.2, 0.25) is 0 Å². The number of carboxylic acid groups (broad SMARTS) is 1. The lowest BCUT2D eigenvalue weighted by Crippen LogP contribution is -2.27. The van der Waals surface area contributed by atoms with Gasteiger partial charge < -0.3 is 5.11 Å². The Morgan fingerprint density at radius 1 is 1.55 bits per heavy atom. The highest BCUT2D eigenvalue weighted by molar-refractivity contribution is 5.72. The number of hydrogen-bond donors (Lipinski definition) is 1. The van der Waals surface area contributed by atoms with Gasteiger partial charge in [0.05, 0.1) is 0 Å². The van der Waals surface area contributed by atoms with Gasteiger partial charge in [0.2, 0.25) is 0 Å². The third kappa shape index (κ3) is 2.87. The lowest BCUT2D eigenvalue weighted by Gasteiger charge is -2.18. The van der Waals surface area contributed by atoms with E-state index < -0.39 is 18.1 Å². The number of rotatable bonds is 4. The zero-order valence-electron chi connectivity index (χ0n) is 7.17. The maximum atomic E-state index is 12.8. The zero-order chi connectivity index (χ0) is 9.02. The molecule has 0 aliphatic carbocycles. The van der Waals surface area contributed by atoms with Crippen molar-refractivity contribution < 1.29 is 14.3 Å². The van der Waals surface area contributed by atoms with Crippen molar-refractivity contribution in [3.8, 4) is 0 Å². The molecule has 2 nitrogen and oxygen atoms in total. The minimum Gasteiger partial charge on any atom is -0.479 e. The predicted molar refractivity (Wildman–Crippen MR) is 41.2 cm³/mol. The van der Waals surface area contributed by atoms with Gasteiger partial charge in [-0.3, -0.25) is 0 Å². The standard InChI is InChI=1S/C8H15FO2/c1-4-5(2)6(3)7(9)8(10)11/h5-7H,4H2,1-3H3,(H,10,11). The summed E-state index contributed by atoms with van der Waals surface area (Å²) in [6, 6.07) is 0. The molecule has 0 saturated heterocycles. The highest BCUT2D eigenvalue weighted by Crippen LogP contribution is 2.20. The fraction of sp³-hybridized carbons (Fsp3) is 0.875. The molecule has 0 rings (SSSR count). The van der Waals surface area contributed by atoms with E-state index in [9.17, 15) is 9.18 Å². The first-order valence-corrected chi connectivity index (χ1v) is 3.87. The smallest absolute Gasteiger partial charge is 0.338 e. The molecule has 0 fully saturated rings. The topological polar surface area (TPSA) is 37.3 Å². The largest absolute Gasteiger partial charge is 0.479 e. The summed E-state index contributed by atoms with van der Waals surface area (Å²) in [7, 11) is 0. The SMILES string of the molecule is CCC(C)C(C)C(F)C(=O)O. The highest BCUT2D eigenvalue weighted by atomic mass is 19.1. The number of aliphatic carboxylic acids is 1. The summed E-state index contributed by atoms with van der Waals surface area (Å²) in [5.74, 6) is -1.61. The Morgan fingerprint density at radius 3 is 2.27 bits per heavy atom. The van der Waals surface area contributed by atoms with E-state index in [2.05, 4.69) is 0 Å². The maximum absolute atomic E-state index is 12.8. The Labute approximate surface area is 66.4 Å². The Balaban J connectivity index is 4.00. The van der Waals surface area contributed by atoms with E-state index in [4.69, 9.17) is 5.11 Å². The number of halogens is 1. The highest BCUT2D eigenvalue weighted by Gasteiger charge is 2.27. The van der Waals surface area contributed by atoms with Crippen molar-refractivity contribution in [2.45, 2.75) is 33.4 Å². The van der Waals surface area contributed by atoms with Gasteiger partial charge in [-0.25, -0.2) is 9.18 Å². The fourth-order valence-corrected chi connectivity index (χ4v) is 0.885. The van der Waals surface area contributed by atoms with Crippen molar-refractivity contribution in [2.75, 3.05) is 0 Å². The van der Waals surface area contributed by atoms with E-state index in [0.29, 0.717) is 0 Å². The van der Waals surface area contributed by atoms with E-state index in [0.717, 1.165) is 6.42 Å². The third-order valence-electron chi connectivity index (χ3n) is 2.24. The molecule has 0 aromatic heterocycles. The molecule has 0 amide bonds. The van der Waals surface area contributed by atoms with E-state index in [1.165, 1.54) is 0 Å². The van der Waals surface area contributed by atoms with Crippen LogP contribution in [0.5, 0.6) is 0 Å². The van der Waals surface area contributed by atoms with E-state index >= 15 is 0 Å². The van der Waals surface area contributed by atoms with Crippen LogP contribution >= 0.6 is 0 Å². The summed E-state index contributed by atoms with van der Waals surface area (Å²) >= 11 is 0. The molecule has 3 unspecified atom stereocenters. The van der Waals surface area contributed by atoms with Crippen LogP contribution in [0.1, 0.15) is 27.2 Å². The number of carboxylic acids is 1. The van der Waals surface area contributed by atoms with Crippen molar-refractivity contribution in [2.24, 2.45) is 11.8 Å². The van der Waals surface area contributed by atoms with Crippen LogP contribution < -0.4 is 0 Å². The summed E-state index contributed by atoms with van der Waals surface area (Å²) in [6.45, 7) is 5.42. The lowest BCUT2D eigenvalue weighted by molar-refractivity contribution is -0.145. The van der Waals surface area contributed by atoms with E-state index in [1.807, 2.05) is 13.8 Å². The van der Waals surface area contributed by atoms with Crippen LogP contribution in [-0.4, -0.2) is 17.2 Å². The molecule has 0 bridgehead atoms. The Kier molecular flexibility index (Phi) is 4.08. The minimum atomic E-state index is -1.72. The van der Waals surface area contributed by atoms with Gasteiger partial charge in [-0.2, -0.15) is 0 Å². The van der Waals surface area contributed by atoms with Gasteiger partial charge in [-0.1, -0.05) is 27.2 Å². The van der Waals surface area contributed by atoms with Crippen molar-refractivity contribution in [3.05, 3.63) is 0 Å². The first kappa shape index (κ1) is 10.4. The molecular weight excluding hydrogens is 147 g/mol. The summed E-state index contributed by atoms with van der Waals surface area (Å²) in [6.07, 6.45) is -0.903. The maximum Gasteiger partial charge on any atom is 0.338 e.